The molecule has 4 atom stereocenters. The number of rotatable bonds is 4. The van der Waals surface area contributed by atoms with Crippen LogP contribution in [-0.4, -0.2) is 35.4 Å². The van der Waals surface area contributed by atoms with Gasteiger partial charge in [-0.25, -0.2) is 9.18 Å². The van der Waals surface area contributed by atoms with Crippen LogP contribution < -0.4 is 0 Å². The Kier molecular flexibility index (Phi) is 4.70. The lowest BCUT2D eigenvalue weighted by Crippen LogP contribution is -2.46. The smallest absolute Gasteiger partial charge is 0.331 e. The number of carbonyl (C=O) groups excluding carboxylic acids is 2. The van der Waals surface area contributed by atoms with Crippen molar-refractivity contribution in [3.05, 3.63) is 48.0 Å². The molecular weight excluding hydrogens is 279 g/mol. The number of halogens is 1. The van der Waals surface area contributed by atoms with Gasteiger partial charge in [0.15, 0.2) is 18.4 Å². The minimum absolute atomic E-state index is 0.265. The number of cyclic esters (lactones) is 1. The highest BCUT2D eigenvalue weighted by atomic mass is 19.1. The topological polar surface area (TPSA) is 72.8 Å². The Morgan fingerprint density at radius 1 is 1.38 bits per heavy atom. The SMILES string of the molecule is CC(=O)OC(C(F)c1ccccc1)C1OC(=O)C=CC1O. The van der Waals surface area contributed by atoms with Gasteiger partial charge in [0.05, 0.1) is 0 Å². The molecule has 21 heavy (non-hydrogen) atoms. The second kappa shape index (κ2) is 6.49. The number of ether oxygens (including phenoxy) is 2. The first-order valence-electron chi connectivity index (χ1n) is 6.42. The summed E-state index contributed by atoms with van der Waals surface area (Å²) in [5.41, 5.74) is 0.265. The van der Waals surface area contributed by atoms with Crippen LogP contribution in [0.25, 0.3) is 0 Å². The number of aliphatic hydroxyl groups excluding tert-OH is 1. The first kappa shape index (κ1) is 15.2. The van der Waals surface area contributed by atoms with Crippen LogP contribution in [0.15, 0.2) is 42.5 Å². The van der Waals surface area contributed by atoms with Crippen molar-refractivity contribution in [3.8, 4) is 0 Å². The molecule has 0 aromatic heterocycles. The van der Waals surface area contributed by atoms with Crippen molar-refractivity contribution in [2.45, 2.75) is 31.4 Å². The molecule has 6 heteroatoms. The van der Waals surface area contributed by atoms with Gasteiger partial charge in [0, 0.05) is 13.0 Å². The third-order valence-electron chi connectivity index (χ3n) is 3.05. The van der Waals surface area contributed by atoms with Crippen molar-refractivity contribution in [1.82, 2.24) is 0 Å². The normalized spacial score (nSPS) is 24.0. The Bertz CT molecular complexity index is 542. The summed E-state index contributed by atoms with van der Waals surface area (Å²) in [6.07, 6.45) is -3.45. The summed E-state index contributed by atoms with van der Waals surface area (Å²) in [7, 11) is 0. The maximum Gasteiger partial charge on any atom is 0.331 e. The second-order valence-electron chi connectivity index (χ2n) is 4.64. The standard InChI is InChI=1S/C15H15FO5/c1-9(17)20-15(13(16)10-5-3-2-4-6-10)14-11(18)7-8-12(19)21-14/h2-8,11,13-15,18H,1H3. The minimum atomic E-state index is -1.73. The third kappa shape index (κ3) is 3.66. The zero-order chi connectivity index (χ0) is 15.4. The van der Waals surface area contributed by atoms with Crippen LogP contribution in [0.1, 0.15) is 18.7 Å². The molecule has 0 spiro atoms. The van der Waals surface area contributed by atoms with E-state index in [1.165, 1.54) is 18.2 Å². The van der Waals surface area contributed by atoms with Crippen LogP contribution in [0.3, 0.4) is 0 Å². The Morgan fingerprint density at radius 3 is 2.67 bits per heavy atom. The van der Waals surface area contributed by atoms with Gasteiger partial charge in [-0.2, -0.15) is 0 Å². The first-order chi connectivity index (χ1) is 9.99. The molecule has 1 aromatic carbocycles. The lowest BCUT2D eigenvalue weighted by atomic mass is 9.96. The summed E-state index contributed by atoms with van der Waals surface area (Å²) in [4.78, 5) is 22.5. The van der Waals surface area contributed by atoms with Gasteiger partial charge in [0.2, 0.25) is 0 Å². The van der Waals surface area contributed by atoms with E-state index in [0.717, 1.165) is 13.0 Å². The molecule has 1 N–H and O–H groups in total. The summed E-state index contributed by atoms with van der Waals surface area (Å²) in [6, 6.07) is 8.03. The van der Waals surface area contributed by atoms with Crippen LogP contribution in [0, 0.1) is 0 Å². The van der Waals surface area contributed by atoms with E-state index in [1.54, 1.807) is 18.2 Å². The molecule has 4 unspecified atom stereocenters. The predicted octanol–water partition coefficient (Wildman–Crippen LogP) is 1.47. The molecule has 5 nitrogen and oxygen atoms in total. The Labute approximate surface area is 121 Å². The monoisotopic (exact) mass is 294 g/mol. The fourth-order valence-corrected chi connectivity index (χ4v) is 2.10. The number of hydrogen-bond acceptors (Lipinski definition) is 5. The lowest BCUT2D eigenvalue weighted by molar-refractivity contribution is -0.179. The molecule has 1 heterocycles. The summed E-state index contributed by atoms with van der Waals surface area (Å²) < 4.78 is 24.5. The fourth-order valence-electron chi connectivity index (χ4n) is 2.10. The van der Waals surface area contributed by atoms with E-state index in [-0.39, 0.29) is 5.56 Å². The molecule has 0 bridgehead atoms. The van der Waals surface area contributed by atoms with Crippen LogP contribution in [-0.2, 0) is 19.1 Å². The van der Waals surface area contributed by atoms with Gasteiger partial charge in [-0.05, 0) is 11.6 Å². The van der Waals surface area contributed by atoms with E-state index in [4.69, 9.17) is 9.47 Å². The van der Waals surface area contributed by atoms with Crippen molar-refractivity contribution in [2.24, 2.45) is 0 Å². The summed E-state index contributed by atoms with van der Waals surface area (Å²) >= 11 is 0. The Morgan fingerprint density at radius 2 is 2.05 bits per heavy atom. The van der Waals surface area contributed by atoms with Crippen molar-refractivity contribution in [2.75, 3.05) is 0 Å². The van der Waals surface area contributed by atoms with Gasteiger partial charge < -0.3 is 14.6 Å². The van der Waals surface area contributed by atoms with E-state index in [1.807, 2.05) is 0 Å². The quantitative estimate of drug-likeness (QED) is 0.851. The third-order valence-corrected chi connectivity index (χ3v) is 3.05. The van der Waals surface area contributed by atoms with Crippen molar-refractivity contribution in [3.63, 3.8) is 0 Å². The molecule has 0 radical (unpaired) electrons. The number of carbonyl (C=O) groups is 2. The van der Waals surface area contributed by atoms with Crippen LogP contribution >= 0.6 is 0 Å². The zero-order valence-corrected chi connectivity index (χ0v) is 11.3. The maximum atomic E-state index is 14.6. The average Bonchev–Trinajstić information content (AvgIpc) is 2.47. The number of aliphatic hydroxyl groups is 1. The lowest BCUT2D eigenvalue weighted by Gasteiger charge is -2.32. The number of hydrogen-bond donors (Lipinski definition) is 1. The molecule has 1 aromatic rings. The van der Waals surface area contributed by atoms with Gasteiger partial charge in [-0.15, -0.1) is 0 Å². The highest BCUT2D eigenvalue weighted by Gasteiger charge is 2.41. The van der Waals surface area contributed by atoms with Gasteiger partial charge in [0.1, 0.15) is 6.10 Å². The molecule has 0 saturated heterocycles. The van der Waals surface area contributed by atoms with Crippen molar-refractivity contribution in [1.29, 1.82) is 0 Å². The minimum Gasteiger partial charge on any atom is -0.455 e. The van der Waals surface area contributed by atoms with Gasteiger partial charge >= 0.3 is 11.9 Å². The van der Waals surface area contributed by atoms with Gasteiger partial charge in [0.25, 0.3) is 0 Å². The van der Waals surface area contributed by atoms with Crippen LogP contribution in [0.5, 0.6) is 0 Å². The van der Waals surface area contributed by atoms with Crippen LogP contribution in [0.2, 0.25) is 0 Å². The van der Waals surface area contributed by atoms with E-state index < -0.39 is 36.4 Å². The Hall–Kier alpha value is -2.21. The average molecular weight is 294 g/mol. The second-order valence-corrected chi connectivity index (χ2v) is 4.64. The van der Waals surface area contributed by atoms with E-state index >= 15 is 0 Å². The van der Waals surface area contributed by atoms with E-state index in [0.29, 0.717) is 0 Å². The summed E-state index contributed by atoms with van der Waals surface area (Å²) in [6.45, 7) is 1.12. The van der Waals surface area contributed by atoms with Gasteiger partial charge in [-0.1, -0.05) is 30.3 Å². The molecule has 0 saturated carbocycles. The number of esters is 2. The number of benzene rings is 1. The number of alkyl halides is 1. The van der Waals surface area contributed by atoms with E-state index in [9.17, 15) is 19.1 Å². The first-order valence-corrected chi connectivity index (χ1v) is 6.42. The van der Waals surface area contributed by atoms with Gasteiger partial charge in [-0.3, -0.25) is 4.79 Å². The maximum absolute atomic E-state index is 14.6. The molecule has 0 aliphatic carbocycles. The highest BCUT2D eigenvalue weighted by Crippen LogP contribution is 2.30. The largest absolute Gasteiger partial charge is 0.455 e. The molecule has 1 aliphatic rings. The van der Waals surface area contributed by atoms with Crippen molar-refractivity contribution >= 4 is 11.9 Å². The molecular formula is C15H15FO5. The highest BCUT2D eigenvalue weighted by molar-refractivity contribution is 5.83. The molecule has 0 amide bonds. The summed E-state index contributed by atoms with van der Waals surface area (Å²) in [5, 5.41) is 9.84. The fraction of sp³-hybridized carbons (Fsp3) is 0.333. The molecule has 1 aliphatic heterocycles. The summed E-state index contributed by atoms with van der Waals surface area (Å²) in [5.74, 6) is -1.45. The molecule has 0 fully saturated rings. The molecule has 112 valence electrons. The van der Waals surface area contributed by atoms with Crippen LogP contribution in [0.4, 0.5) is 4.39 Å². The predicted molar refractivity (Wildman–Crippen MR) is 70.9 cm³/mol. The zero-order valence-electron chi connectivity index (χ0n) is 11.3. The van der Waals surface area contributed by atoms with Crippen molar-refractivity contribution < 1.29 is 28.6 Å². The Balaban J connectivity index is 2.28. The molecule has 2 rings (SSSR count). The van der Waals surface area contributed by atoms with E-state index in [2.05, 4.69) is 0 Å².